The zero-order valence-electron chi connectivity index (χ0n) is 18.9. The van der Waals surface area contributed by atoms with Crippen molar-refractivity contribution >= 4 is 11.7 Å². The molecule has 2 aromatic rings. The number of allylic oxidation sites excluding steroid dienone is 2. The lowest BCUT2D eigenvalue weighted by molar-refractivity contribution is -0.122. The van der Waals surface area contributed by atoms with Crippen LogP contribution in [0.25, 0.3) is 0 Å². The Balaban J connectivity index is 1.67. The van der Waals surface area contributed by atoms with Crippen molar-refractivity contribution in [2.24, 2.45) is 0 Å². The Bertz CT molecular complexity index is 1050. The van der Waals surface area contributed by atoms with Gasteiger partial charge in [-0.2, -0.15) is 0 Å². The van der Waals surface area contributed by atoms with Crippen molar-refractivity contribution in [2.45, 2.75) is 51.0 Å². The van der Waals surface area contributed by atoms with Crippen LogP contribution in [0.2, 0.25) is 0 Å². The largest absolute Gasteiger partial charge is 0.497 e. The molecule has 1 amide bonds. The quantitative estimate of drug-likeness (QED) is 0.723. The normalized spacial score (nSPS) is 20.7. The maximum atomic E-state index is 13.4. The lowest BCUT2D eigenvalue weighted by atomic mass is 9.73. The molecule has 0 bridgehead atoms. The van der Waals surface area contributed by atoms with Crippen molar-refractivity contribution in [3.63, 3.8) is 0 Å². The van der Waals surface area contributed by atoms with Crippen molar-refractivity contribution in [2.75, 3.05) is 14.2 Å². The van der Waals surface area contributed by atoms with Gasteiger partial charge in [0.15, 0.2) is 5.78 Å². The van der Waals surface area contributed by atoms with E-state index >= 15 is 0 Å². The highest BCUT2D eigenvalue weighted by molar-refractivity contribution is 6.02. The van der Waals surface area contributed by atoms with E-state index in [1.54, 1.807) is 14.2 Å². The van der Waals surface area contributed by atoms with Gasteiger partial charge in [0.25, 0.3) is 0 Å². The van der Waals surface area contributed by atoms with E-state index < -0.39 is 0 Å². The Labute approximate surface area is 188 Å². The number of nitrogens with one attached hydrogen (secondary N) is 1. The average Bonchev–Trinajstić information content (AvgIpc) is 2.77. The van der Waals surface area contributed by atoms with Crippen molar-refractivity contribution < 1.29 is 23.8 Å². The van der Waals surface area contributed by atoms with Crippen molar-refractivity contribution in [3.8, 4) is 17.2 Å². The van der Waals surface area contributed by atoms with Gasteiger partial charge in [-0.05, 0) is 62.1 Å². The number of hydrogen-bond donors (Lipinski definition) is 1. The molecule has 0 radical (unpaired) electrons. The lowest BCUT2D eigenvalue weighted by Gasteiger charge is -2.35. The second-order valence-electron chi connectivity index (χ2n) is 8.57. The minimum absolute atomic E-state index is 0.0144. The molecule has 0 saturated heterocycles. The molecule has 1 aliphatic carbocycles. The van der Waals surface area contributed by atoms with Gasteiger partial charge in [0.05, 0.1) is 20.3 Å². The Kier molecular flexibility index (Phi) is 6.21. The van der Waals surface area contributed by atoms with E-state index in [4.69, 9.17) is 14.2 Å². The van der Waals surface area contributed by atoms with Crippen LogP contribution >= 0.6 is 0 Å². The molecule has 1 aliphatic heterocycles. The summed E-state index contributed by atoms with van der Waals surface area (Å²) < 4.78 is 16.6. The molecule has 2 aromatic carbocycles. The lowest BCUT2D eigenvalue weighted by Crippen LogP contribution is -2.38. The molecule has 0 fully saturated rings. The third-order valence-electron chi connectivity index (χ3n) is 6.07. The van der Waals surface area contributed by atoms with Crippen LogP contribution in [0, 0.1) is 0 Å². The minimum Gasteiger partial charge on any atom is -0.497 e. The smallest absolute Gasteiger partial charge is 0.225 e. The highest BCUT2D eigenvalue weighted by atomic mass is 16.5. The number of carbonyl (C=O) groups is 2. The fourth-order valence-electron chi connectivity index (χ4n) is 4.66. The summed E-state index contributed by atoms with van der Waals surface area (Å²) in [5, 5.41) is 2.97. The predicted molar refractivity (Wildman–Crippen MR) is 121 cm³/mol. The van der Waals surface area contributed by atoms with Crippen molar-refractivity contribution in [1.29, 1.82) is 0 Å². The molecule has 0 aromatic heterocycles. The number of hydrogen-bond acceptors (Lipinski definition) is 5. The van der Waals surface area contributed by atoms with Gasteiger partial charge in [-0.1, -0.05) is 12.1 Å². The molecule has 2 aliphatic rings. The molecule has 0 saturated carbocycles. The number of methoxy groups -OCH3 is 2. The third-order valence-corrected chi connectivity index (χ3v) is 6.07. The van der Waals surface area contributed by atoms with Crippen LogP contribution in [0.1, 0.15) is 56.1 Å². The van der Waals surface area contributed by atoms with Crippen LogP contribution in [0.5, 0.6) is 17.2 Å². The number of Topliss-reactive ketones (excluding diaryl/α,β-unsaturated/α-hetero) is 1. The van der Waals surface area contributed by atoms with Crippen LogP contribution in [0.15, 0.2) is 53.7 Å². The van der Waals surface area contributed by atoms with E-state index in [1.807, 2.05) is 56.3 Å². The summed E-state index contributed by atoms with van der Waals surface area (Å²) in [7, 11) is 3.19. The standard InChI is InChI=1S/C26H29NO5/c1-15(2)32-18-7-5-16(6-8-18)17-11-22-26(23(28)12-17)21(14-25(29)27-22)20-13-19(30-3)9-10-24(20)31-4/h5-10,13,15,17,21H,11-12,14H2,1-4H3,(H,27,29). The van der Waals surface area contributed by atoms with Gasteiger partial charge in [0.2, 0.25) is 5.91 Å². The summed E-state index contributed by atoms with van der Waals surface area (Å²) in [5.74, 6) is 1.76. The minimum atomic E-state index is -0.348. The first kappa shape index (κ1) is 21.9. The van der Waals surface area contributed by atoms with Gasteiger partial charge in [-0.25, -0.2) is 0 Å². The summed E-state index contributed by atoms with van der Waals surface area (Å²) in [6, 6.07) is 13.4. The molecule has 4 rings (SSSR count). The highest BCUT2D eigenvalue weighted by Gasteiger charge is 2.39. The predicted octanol–water partition coefficient (Wildman–Crippen LogP) is 4.50. The number of amides is 1. The Morgan fingerprint density at radius 3 is 2.28 bits per heavy atom. The molecule has 1 heterocycles. The summed E-state index contributed by atoms with van der Waals surface area (Å²) in [6.45, 7) is 3.97. The van der Waals surface area contributed by atoms with Crippen LogP contribution in [0.3, 0.4) is 0 Å². The number of rotatable bonds is 6. The van der Waals surface area contributed by atoms with E-state index in [0.29, 0.717) is 29.9 Å². The second-order valence-corrected chi connectivity index (χ2v) is 8.57. The van der Waals surface area contributed by atoms with Gasteiger partial charge >= 0.3 is 0 Å². The SMILES string of the molecule is COc1ccc(OC)c(C2CC(=O)NC3=C2C(=O)CC(c2ccc(OC(C)C)cc2)C3)c1. The Morgan fingerprint density at radius 2 is 1.62 bits per heavy atom. The van der Waals surface area contributed by atoms with Crippen LogP contribution < -0.4 is 19.5 Å². The summed E-state index contributed by atoms with van der Waals surface area (Å²) in [4.78, 5) is 26.0. The van der Waals surface area contributed by atoms with Crippen molar-refractivity contribution in [1.82, 2.24) is 5.32 Å². The molecule has 0 spiro atoms. The number of carbonyl (C=O) groups excluding carboxylic acids is 2. The van der Waals surface area contributed by atoms with Crippen molar-refractivity contribution in [3.05, 3.63) is 64.9 Å². The zero-order valence-corrected chi connectivity index (χ0v) is 18.9. The fourth-order valence-corrected chi connectivity index (χ4v) is 4.66. The van der Waals surface area contributed by atoms with Crippen LogP contribution in [0.4, 0.5) is 0 Å². The first-order valence-corrected chi connectivity index (χ1v) is 10.9. The summed E-state index contributed by atoms with van der Waals surface area (Å²) in [5.41, 5.74) is 3.28. The second kappa shape index (κ2) is 9.07. The third kappa shape index (κ3) is 4.35. The van der Waals surface area contributed by atoms with Gasteiger partial charge in [0, 0.05) is 35.6 Å². The Hall–Kier alpha value is -3.28. The number of ketones is 1. The van der Waals surface area contributed by atoms with Gasteiger partial charge in [-0.3, -0.25) is 9.59 Å². The fraction of sp³-hybridized carbons (Fsp3) is 0.385. The summed E-state index contributed by atoms with van der Waals surface area (Å²) in [6.07, 6.45) is 1.33. The molecule has 168 valence electrons. The van der Waals surface area contributed by atoms with Crippen LogP contribution in [-0.2, 0) is 9.59 Å². The van der Waals surface area contributed by atoms with Gasteiger partial charge in [0.1, 0.15) is 17.2 Å². The highest BCUT2D eigenvalue weighted by Crippen LogP contribution is 2.45. The van der Waals surface area contributed by atoms with Crippen LogP contribution in [-0.4, -0.2) is 32.0 Å². The molecule has 32 heavy (non-hydrogen) atoms. The molecule has 6 heteroatoms. The molecular formula is C26H29NO5. The van der Waals surface area contributed by atoms with E-state index in [0.717, 1.165) is 22.6 Å². The first-order valence-electron chi connectivity index (χ1n) is 10.9. The van der Waals surface area contributed by atoms with E-state index in [2.05, 4.69) is 5.32 Å². The number of ether oxygens (including phenoxy) is 3. The molecule has 6 nitrogen and oxygen atoms in total. The molecular weight excluding hydrogens is 406 g/mol. The first-order chi connectivity index (χ1) is 15.4. The van der Waals surface area contributed by atoms with E-state index in [-0.39, 0.29) is 36.1 Å². The zero-order chi connectivity index (χ0) is 22.8. The summed E-state index contributed by atoms with van der Waals surface area (Å²) >= 11 is 0. The monoisotopic (exact) mass is 435 g/mol. The molecule has 1 N–H and O–H groups in total. The van der Waals surface area contributed by atoms with E-state index in [9.17, 15) is 9.59 Å². The average molecular weight is 436 g/mol. The topological polar surface area (TPSA) is 73.9 Å². The van der Waals surface area contributed by atoms with Gasteiger partial charge in [-0.15, -0.1) is 0 Å². The number of benzene rings is 2. The Morgan fingerprint density at radius 1 is 0.906 bits per heavy atom. The molecule has 2 unspecified atom stereocenters. The maximum Gasteiger partial charge on any atom is 0.225 e. The van der Waals surface area contributed by atoms with E-state index in [1.165, 1.54) is 0 Å². The molecule has 2 atom stereocenters. The maximum absolute atomic E-state index is 13.4. The van der Waals surface area contributed by atoms with Gasteiger partial charge < -0.3 is 19.5 Å².